The third-order valence-corrected chi connectivity index (χ3v) is 6.19. The third kappa shape index (κ3) is 5.48. The van der Waals surface area contributed by atoms with Crippen LogP contribution >= 0.6 is 0 Å². The van der Waals surface area contributed by atoms with Crippen LogP contribution in [0.3, 0.4) is 0 Å². The molecule has 4 rings (SSSR count). The molecule has 0 unspecified atom stereocenters. The van der Waals surface area contributed by atoms with Crippen LogP contribution in [0.5, 0.6) is 0 Å². The molecular formula is C25H35N3O3. The summed E-state index contributed by atoms with van der Waals surface area (Å²) in [5, 5.41) is 4.48. The molecule has 0 saturated carbocycles. The Morgan fingerprint density at radius 3 is 2.61 bits per heavy atom. The van der Waals surface area contributed by atoms with Crippen LogP contribution in [-0.4, -0.2) is 48.3 Å². The van der Waals surface area contributed by atoms with Crippen molar-refractivity contribution in [1.82, 2.24) is 10.1 Å². The first-order valence-electron chi connectivity index (χ1n) is 11.8. The summed E-state index contributed by atoms with van der Waals surface area (Å²) in [6.07, 6.45) is 6.31. The number of carbonyl (C=O) groups is 1. The average molecular weight is 426 g/mol. The molecule has 0 spiro atoms. The van der Waals surface area contributed by atoms with Gasteiger partial charge in [-0.3, -0.25) is 4.79 Å². The predicted octanol–water partition coefficient (Wildman–Crippen LogP) is 4.89. The molecule has 0 radical (unpaired) electrons. The Hall–Kier alpha value is -2.34. The van der Waals surface area contributed by atoms with Crippen molar-refractivity contribution in [2.24, 2.45) is 5.92 Å². The lowest BCUT2D eigenvalue weighted by atomic mass is 10.0. The monoisotopic (exact) mass is 425 g/mol. The van der Waals surface area contributed by atoms with Gasteiger partial charge in [-0.05, 0) is 38.0 Å². The molecule has 1 aromatic heterocycles. The highest BCUT2D eigenvalue weighted by atomic mass is 16.5. The van der Waals surface area contributed by atoms with Gasteiger partial charge >= 0.3 is 0 Å². The smallest absolute Gasteiger partial charge is 0.232 e. The zero-order valence-electron chi connectivity index (χ0n) is 18.9. The lowest BCUT2D eigenvalue weighted by Gasteiger charge is -2.29. The number of amides is 1. The van der Waals surface area contributed by atoms with Crippen LogP contribution in [0.4, 0.5) is 5.88 Å². The predicted molar refractivity (Wildman–Crippen MR) is 122 cm³/mol. The first kappa shape index (κ1) is 21.9. The van der Waals surface area contributed by atoms with Gasteiger partial charge in [0.1, 0.15) is 5.69 Å². The van der Waals surface area contributed by atoms with Gasteiger partial charge in [0.05, 0.1) is 18.2 Å². The second-order valence-electron chi connectivity index (χ2n) is 9.24. The highest BCUT2D eigenvalue weighted by Crippen LogP contribution is 2.34. The number of ether oxygens (including phenoxy) is 1. The summed E-state index contributed by atoms with van der Waals surface area (Å²) < 4.78 is 11.8. The van der Waals surface area contributed by atoms with Crippen LogP contribution in [0.15, 0.2) is 34.9 Å². The molecule has 6 heteroatoms. The van der Waals surface area contributed by atoms with Gasteiger partial charge < -0.3 is 19.1 Å². The molecule has 1 amide bonds. The highest BCUT2D eigenvalue weighted by Gasteiger charge is 2.29. The largest absolute Gasteiger partial charge is 0.376 e. The Labute approximate surface area is 185 Å². The maximum absolute atomic E-state index is 13.2. The van der Waals surface area contributed by atoms with Gasteiger partial charge in [0.2, 0.25) is 11.8 Å². The molecule has 1 aromatic carbocycles. The number of aromatic nitrogens is 1. The summed E-state index contributed by atoms with van der Waals surface area (Å²) in [5.74, 6) is 1.32. The number of piperidine rings is 1. The number of carbonyl (C=O) groups excluding carboxylic acids is 1. The van der Waals surface area contributed by atoms with Crippen molar-refractivity contribution in [3.05, 3.63) is 35.9 Å². The lowest BCUT2D eigenvalue weighted by molar-refractivity contribution is -0.134. The van der Waals surface area contributed by atoms with E-state index in [1.54, 1.807) is 0 Å². The summed E-state index contributed by atoms with van der Waals surface area (Å²) in [6, 6.07) is 10.2. The van der Waals surface area contributed by atoms with Crippen molar-refractivity contribution in [2.45, 2.75) is 65.0 Å². The van der Waals surface area contributed by atoms with Gasteiger partial charge in [-0.15, -0.1) is 0 Å². The van der Waals surface area contributed by atoms with Crippen LogP contribution in [0, 0.1) is 5.92 Å². The normalized spacial score (nSPS) is 19.2. The van der Waals surface area contributed by atoms with Gasteiger partial charge in [-0.25, -0.2) is 0 Å². The van der Waals surface area contributed by atoms with Crippen molar-refractivity contribution in [2.75, 3.05) is 31.1 Å². The minimum atomic E-state index is 0.120. The maximum atomic E-state index is 13.2. The van der Waals surface area contributed by atoms with Crippen LogP contribution in [-0.2, 0) is 16.1 Å². The first-order chi connectivity index (χ1) is 15.1. The fraction of sp³-hybridized carbons (Fsp3) is 0.600. The summed E-state index contributed by atoms with van der Waals surface area (Å²) in [5.41, 5.74) is 2.89. The van der Waals surface area contributed by atoms with E-state index >= 15 is 0 Å². The van der Waals surface area contributed by atoms with E-state index in [1.807, 2.05) is 23.1 Å². The second-order valence-corrected chi connectivity index (χ2v) is 9.24. The molecule has 31 heavy (non-hydrogen) atoms. The molecule has 2 aliphatic heterocycles. The van der Waals surface area contributed by atoms with Gasteiger partial charge in [-0.1, -0.05) is 49.3 Å². The number of hydrogen-bond acceptors (Lipinski definition) is 5. The third-order valence-electron chi connectivity index (χ3n) is 6.19. The SMILES string of the molecule is CC(C)CC(=O)N(Cc1c(-c2ccccc2)noc1N1CCCCC1)C[C@@H]1CCCO1. The molecule has 2 fully saturated rings. The van der Waals surface area contributed by atoms with E-state index in [1.165, 1.54) is 6.42 Å². The number of hydrogen-bond donors (Lipinski definition) is 0. The van der Waals surface area contributed by atoms with E-state index in [0.717, 1.165) is 68.1 Å². The molecule has 0 N–H and O–H groups in total. The van der Waals surface area contributed by atoms with E-state index in [-0.39, 0.29) is 12.0 Å². The standard InChI is InChI=1S/C25H35N3O3/c1-19(2)16-23(29)28(17-21-12-9-15-30-21)18-22-24(20-10-5-3-6-11-20)26-31-25(22)27-13-7-4-8-14-27/h3,5-6,10-11,19,21H,4,7-9,12-18H2,1-2H3/t21-/m0/s1. The molecular weight excluding hydrogens is 390 g/mol. The van der Waals surface area contributed by atoms with Gasteiger partial charge in [-0.2, -0.15) is 0 Å². The maximum Gasteiger partial charge on any atom is 0.232 e. The summed E-state index contributed by atoms with van der Waals surface area (Å²) in [4.78, 5) is 17.5. The Morgan fingerprint density at radius 2 is 1.94 bits per heavy atom. The van der Waals surface area contributed by atoms with Gasteiger partial charge in [0.25, 0.3) is 0 Å². The zero-order valence-corrected chi connectivity index (χ0v) is 18.9. The van der Waals surface area contributed by atoms with Crippen molar-refractivity contribution < 1.29 is 14.1 Å². The lowest BCUT2D eigenvalue weighted by Crippen LogP contribution is -2.38. The van der Waals surface area contributed by atoms with E-state index < -0.39 is 0 Å². The van der Waals surface area contributed by atoms with E-state index in [0.29, 0.717) is 25.4 Å². The number of nitrogens with zero attached hydrogens (tertiary/aromatic N) is 3. The van der Waals surface area contributed by atoms with Crippen molar-refractivity contribution >= 4 is 11.8 Å². The minimum absolute atomic E-state index is 0.120. The van der Waals surface area contributed by atoms with Crippen molar-refractivity contribution in [1.29, 1.82) is 0 Å². The summed E-state index contributed by atoms with van der Waals surface area (Å²) >= 11 is 0. The van der Waals surface area contributed by atoms with Crippen LogP contribution in [0.25, 0.3) is 11.3 Å². The molecule has 2 saturated heterocycles. The summed E-state index contributed by atoms with van der Waals surface area (Å²) in [6.45, 7) is 8.06. The van der Waals surface area contributed by atoms with Crippen molar-refractivity contribution in [3.8, 4) is 11.3 Å². The molecule has 6 nitrogen and oxygen atoms in total. The first-order valence-corrected chi connectivity index (χ1v) is 11.8. The Bertz CT molecular complexity index is 837. The number of benzene rings is 1. The fourth-order valence-electron chi connectivity index (χ4n) is 4.57. The molecule has 0 aliphatic carbocycles. The van der Waals surface area contributed by atoms with Crippen LogP contribution in [0.2, 0.25) is 0 Å². The average Bonchev–Trinajstić information content (AvgIpc) is 3.44. The number of anilines is 1. The van der Waals surface area contributed by atoms with E-state index in [2.05, 4.69) is 36.0 Å². The molecule has 3 heterocycles. The van der Waals surface area contributed by atoms with E-state index in [9.17, 15) is 4.79 Å². The zero-order chi connectivity index (χ0) is 21.6. The molecule has 168 valence electrons. The minimum Gasteiger partial charge on any atom is -0.376 e. The van der Waals surface area contributed by atoms with E-state index in [4.69, 9.17) is 9.26 Å². The topological polar surface area (TPSA) is 58.8 Å². The van der Waals surface area contributed by atoms with Gasteiger partial charge in [0, 0.05) is 38.2 Å². The quantitative estimate of drug-likeness (QED) is 0.603. The molecule has 2 aliphatic rings. The number of rotatable bonds is 8. The fourth-order valence-corrected chi connectivity index (χ4v) is 4.57. The van der Waals surface area contributed by atoms with Crippen molar-refractivity contribution in [3.63, 3.8) is 0 Å². The molecule has 2 aromatic rings. The second kappa shape index (κ2) is 10.3. The van der Waals surface area contributed by atoms with Crippen LogP contribution in [0.1, 0.15) is 57.9 Å². The van der Waals surface area contributed by atoms with Gasteiger partial charge in [0.15, 0.2) is 0 Å². The summed E-state index contributed by atoms with van der Waals surface area (Å²) in [7, 11) is 0. The molecule has 1 atom stereocenters. The Morgan fingerprint density at radius 1 is 1.16 bits per heavy atom. The van der Waals surface area contributed by atoms with Crippen LogP contribution < -0.4 is 4.90 Å². The Balaban J connectivity index is 1.66. The Kier molecular flexibility index (Phi) is 7.28. The molecule has 0 bridgehead atoms. The highest BCUT2D eigenvalue weighted by molar-refractivity contribution is 5.77.